The SMILES string of the molecule is Cc1ncsc1-c1ccc([C@H](C)NC(=O)[C@@H]2C[C@@H](O)CN2C(=O)[C@@H](c2cc(N3CC4(CC(c5cc6nnc(-c7ccccc7O)cc6n5C5CCC5)C4)C3)no2)C(C)C)cc1. The Morgan fingerprint density at radius 1 is 1.00 bits per heavy atom. The number of aryl methyl sites for hydroxylation is 1. The smallest absolute Gasteiger partial charge is 0.243 e. The lowest BCUT2D eigenvalue weighted by atomic mass is 9.57. The summed E-state index contributed by atoms with van der Waals surface area (Å²) in [6.07, 6.45) is 5.04. The van der Waals surface area contributed by atoms with Crippen LogP contribution in [0.5, 0.6) is 5.75 Å². The number of fused-ring (bicyclic) bond motifs is 1. The van der Waals surface area contributed by atoms with E-state index in [1.807, 2.05) is 81.7 Å². The van der Waals surface area contributed by atoms with E-state index in [4.69, 9.17) is 4.52 Å². The van der Waals surface area contributed by atoms with Crippen LogP contribution in [-0.2, 0) is 9.59 Å². The molecule has 14 heteroatoms. The first-order valence-electron chi connectivity index (χ1n) is 21.6. The van der Waals surface area contributed by atoms with Crippen LogP contribution in [0.2, 0.25) is 0 Å². The number of phenols is 1. The Morgan fingerprint density at radius 3 is 2.46 bits per heavy atom. The van der Waals surface area contributed by atoms with Gasteiger partial charge in [0, 0.05) is 60.8 Å². The molecule has 0 radical (unpaired) electrons. The number of aromatic hydroxyl groups is 1. The molecule has 2 aliphatic heterocycles. The predicted octanol–water partition coefficient (Wildman–Crippen LogP) is 7.91. The molecule has 2 amide bonds. The maximum atomic E-state index is 14.4. The van der Waals surface area contributed by atoms with Gasteiger partial charge in [0.2, 0.25) is 11.8 Å². The molecule has 3 N–H and O–H groups in total. The predicted molar refractivity (Wildman–Crippen MR) is 233 cm³/mol. The fraction of sp³-hybridized carbons (Fsp3) is 0.447. The maximum Gasteiger partial charge on any atom is 0.243 e. The highest BCUT2D eigenvalue weighted by Gasteiger charge is 2.54. The molecule has 0 bridgehead atoms. The van der Waals surface area contributed by atoms with Gasteiger partial charge < -0.3 is 34.4 Å². The number of para-hydroxylation sites is 1. The molecule has 4 atom stereocenters. The van der Waals surface area contributed by atoms with Crippen LogP contribution in [0, 0.1) is 18.3 Å². The Hall–Kier alpha value is -5.60. The Morgan fingerprint density at radius 2 is 1.77 bits per heavy atom. The van der Waals surface area contributed by atoms with Crippen LogP contribution in [0.1, 0.15) is 106 Å². The second kappa shape index (κ2) is 15.4. The number of amides is 2. The molecule has 10 rings (SSSR count). The van der Waals surface area contributed by atoms with Crippen LogP contribution in [-0.4, -0.2) is 83.6 Å². The fourth-order valence-electron chi connectivity index (χ4n) is 10.3. The number of carbonyl (C=O) groups excluding carboxylic acids is 2. The number of β-amino-alcohol motifs (C(OH)–C–C–N with tert-alkyl or cyclic N) is 1. The molecule has 2 saturated heterocycles. The standard InChI is InChI=1S/C47H52N8O5S/c1-26(2)43(46(59)54-22-33(56)16-39(54)45(58)49-27(3)29-12-14-30(15-13-29)44-28(4)48-25-61-44)41-19-42(52-60-41)53-23-47(24-53)20-31(21-47)37-18-36-38(55(37)32-8-7-9-32)17-35(50-51-36)34-10-5-6-11-40(34)57/h5-6,10-15,17-19,25-27,31-33,39,43,56-57H,7-9,16,20-24H2,1-4H3,(H,49,58)/t27-,33+,39-,43+/m0/s1. The number of nitrogens with one attached hydrogen (secondary N) is 1. The topological polar surface area (TPSA) is 163 Å². The molecule has 4 aromatic heterocycles. The molecule has 4 fully saturated rings. The van der Waals surface area contributed by atoms with Crippen molar-refractivity contribution in [1.29, 1.82) is 0 Å². The summed E-state index contributed by atoms with van der Waals surface area (Å²) in [5.41, 5.74) is 9.72. The highest BCUT2D eigenvalue weighted by molar-refractivity contribution is 7.13. The summed E-state index contributed by atoms with van der Waals surface area (Å²) in [5.74, 6) is 0.492. The minimum Gasteiger partial charge on any atom is -0.507 e. The van der Waals surface area contributed by atoms with Crippen molar-refractivity contribution in [3.05, 3.63) is 95.0 Å². The monoisotopic (exact) mass is 840 g/mol. The summed E-state index contributed by atoms with van der Waals surface area (Å²) < 4.78 is 8.44. The van der Waals surface area contributed by atoms with E-state index in [1.54, 1.807) is 17.4 Å². The van der Waals surface area contributed by atoms with E-state index in [0.29, 0.717) is 29.0 Å². The molecule has 2 aliphatic carbocycles. The number of benzene rings is 2. The van der Waals surface area contributed by atoms with Crippen LogP contribution in [0.25, 0.3) is 32.7 Å². The Balaban J connectivity index is 0.792. The highest BCUT2D eigenvalue weighted by Crippen LogP contribution is 2.58. The lowest BCUT2D eigenvalue weighted by Crippen LogP contribution is -2.62. The van der Waals surface area contributed by atoms with E-state index >= 15 is 0 Å². The summed E-state index contributed by atoms with van der Waals surface area (Å²) in [6, 6.07) is 20.9. The summed E-state index contributed by atoms with van der Waals surface area (Å²) >= 11 is 1.60. The first-order valence-corrected chi connectivity index (χ1v) is 22.5. The van der Waals surface area contributed by atoms with Crippen molar-refractivity contribution in [2.24, 2.45) is 11.3 Å². The van der Waals surface area contributed by atoms with Gasteiger partial charge in [0.15, 0.2) is 11.6 Å². The third kappa shape index (κ3) is 7.07. The molecule has 4 aliphatic rings. The van der Waals surface area contributed by atoms with Gasteiger partial charge in [0.05, 0.1) is 39.4 Å². The van der Waals surface area contributed by atoms with E-state index in [9.17, 15) is 19.8 Å². The maximum absolute atomic E-state index is 14.4. The third-order valence-corrected chi connectivity index (χ3v) is 14.8. The number of aliphatic hydroxyl groups excluding tert-OH is 1. The van der Waals surface area contributed by atoms with Gasteiger partial charge in [-0.1, -0.05) is 55.4 Å². The van der Waals surface area contributed by atoms with Crippen LogP contribution in [0.3, 0.4) is 0 Å². The second-order valence-corrected chi connectivity index (χ2v) is 19.2. The lowest BCUT2D eigenvalue weighted by Gasteiger charge is -2.59. The molecule has 2 aromatic carbocycles. The lowest BCUT2D eigenvalue weighted by molar-refractivity contribution is -0.141. The number of phenolic OH excluding ortho intramolecular Hbond substituents is 1. The summed E-state index contributed by atoms with van der Waals surface area (Å²) in [5, 5.41) is 38.0. The van der Waals surface area contributed by atoms with Gasteiger partial charge in [-0.05, 0) is 87.3 Å². The highest BCUT2D eigenvalue weighted by atomic mass is 32.1. The second-order valence-electron chi connectivity index (χ2n) is 18.3. The minimum atomic E-state index is -0.803. The van der Waals surface area contributed by atoms with Crippen LogP contribution < -0.4 is 10.2 Å². The Bertz CT molecular complexity index is 2600. The number of anilines is 1. The van der Waals surface area contributed by atoms with Gasteiger partial charge in [-0.2, -0.15) is 0 Å². The van der Waals surface area contributed by atoms with Crippen molar-refractivity contribution in [3.8, 4) is 27.4 Å². The molecule has 2 saturated carbocycles. The van der Waals surface area contributed by atoms with Crippen molar-refractivity contribution in [2.75, 3.05) is 24.5 Å². The molecule has 1 spiro atoms. The number of hydrogen-bond donors (Lipinski definition) is 3. The molecule has 6 aromatic rings. The van der Waals surface area contributed by atoms with Gasteiger partial charge in [-0.3, -0.25) is 9.59 Å². The van der Waals surface area contributed by atoms with E-state index < -0.39 is 18.1 Å². The number of thiazole rings is 1. The van der Waals surface area contributed by atoms with Crippen LogP contribution in [0.15, 0.2) is 76.8 Å². The van der Waals surface area contributed by atoms with Gasteiger partial charge in [0.25, 0.3) is 0 Å². The largest absolute Gasteiger partial charge is 0.507 e. The summed E-state index contributed by atoms with van der Waals surface area (Å²) in [4.78, 5) is 37.4. The van der Waals surface area contributed by atoms with Crippen molar-refractivity contribution in [2.45, 2.75) is 102 Å². The summed E-state index contributed by atoms with van der Waals surface area (Å²) in [6.45, 7) is 9.68. The number of nitrogens with zero attached hydrogens (tertiary/aromatic N) is 7. The van der Waals surface area contributed by atoms with Gasteiger partial charge in [0.1, 0.15) is 23.2 Å². The Kier molecular flexibility index (Phi) is 9.97. The average Bonchev–Trinajstić information content (AvgIpc) is 4.00. The van der Waals surface area contributed by atoms with Crippen molar-refractivity contribution in [3.63, 3.8) is 0 Å². The number of aromatic nitrogens is 5. The zero-order chi connectivity index (χ0) is 42.2. The number of rotatable bonds is 11. The zero-order valence-electron chi connectivity index (χ0n) is 35.0. The first-order chi connectivity index (χ1) is 29.4. The van der Waals surface area contributed by atoms with Crippen LogP contribution >= 0.6 is 11.3 Å². The average molecular weight is 841 g/mol. The minimum absolute atomic E-state index is 0.0816. The molecule has 316 valence electrons. The van der Waals surface area contributed by atoms with Crippen LogP contribution in [0.4, 0.5) is 5.82 Å². The number of aliphatic hydroxyl groups is 1. The van der Waals surface area contributed by atoms with Gasteiger partial charge in [-0.15, -0.1) is 21.5 Å². The summed E-state index contributed by atoms with van der Waals surface area (Å²) in [7, 11) is 0. The van der Waals surface area contributed by atoms with Crippen molar-refractivity contribution in [1.82, 2.24) is 35.1 Å². The van der Waals surface area contributed by atoms with E-state index in [-0.39, 0.29) is 47.9 Å². The van der Waals surface area contributed by atoms with Crippen molar-refractivity contribution < 1.29 is 24.3 Å². The number of likely N-dealkylation sites (tertiary alicyclic amines) is 1. The Labute approximate surface area is 358 Å². The quantitative estimate of drug-likeness (QED) is 0.117. The third-order valence-electron chi connectivity index (χ3n) is 13.8. The normalized spacial score (nSPS) is 21.1. The molecule has 61 heavy (non-hydrogen) atoms. The van der Waals surface area contributed by atoms with Gasteiger partial charge >= 0.3 is 0 Å². The molecular formula is C47H52N8O5S. The number of carbonyl (C=O) groups is 2. The number of hydrogen-bond acceptors (Lipinski definition) is 11. The van der Waals surface area contributed by atoms with E-state index in [1.165, 1.54) is 17.0 Å². The van der Waals surface area contributed by atoms with E-state index in [0.717, 1.165) is 77.3 Å². The molecule has 13 nitrogen and oxygen atoms in total. The zero-order valence-corrected chi connectivity index (χ0v) is 35.8. The van der Waals surface area contributed by atoms with Gasteiger partial charge in [-0.25, -0.2) is 4.98 Å². The fourth-order valence-corrected chi connectivity index (χ4v) is 11.1. The molecule has 6 heterocycles. The molecule has 0 unspecified atom stereocenters. The molecular weight excluding hydrogens is 789 g/mol. The van der Waals surface area contributed by atoms with Crippen molar-refractivity contribution >= 4 is 40.0 Å². The first kappa shape index (κ1) is 39.5. The van der Waals surface area contributed by atoms with E-state index in [2.05, 4.69) is 47.3 Å².